The van der Waals surface area contributed by atoms with Crippen molar-refractivity contribution in [1.82, 2.24) is 0 Å². The second-order valence-corrected chi connectivity index (χ2v) is 6.54. The molecule has 1 N–H and O–H groups in total. The first kappa shape index (κ1) is 17.4. The van der Waals surface area contributed by atoms with E-state index < -0.39 is 17.7 Å². The minimum absolute atomic E-state index is 0.231. The van der Waals surface area contributed by atoms with Gasteiger partial charge >= 0.3 is 5.97 Å². The van der Waals surface area contributed by atoms with Crippen LogP contribution in [0.4, 0.5) is 10.1 Å². The number of carbonyl (C=O) groups excluding carboxylic acids is 2. The Kier molecular flexibility index (Phi) is 5.01. The molecular weight excluding hydrogens is 365 g/mol. The summed E-state index contributed by atoms with van der Waals surface area (Å²) in [5, 5.41) is 3.54. The molecule has 1 aromatic heterocycles. The van der Waals surface area contributed by atoms with E-state index in [2.05, 4.69) is 5.32 Å². The molecule has 0 saturated heterocycles. The van der Waals surface area contributed by atoms with E-state index in [9.17, 15) is 14.0 Å². The van der Waals surface area contributed by atoms with Crippen LogP contribution in [0.2, 0.25) is 5.02 Å². The summed E-state index contributed by atoms with van der Waals surface area (Å²) in [5.41, 5.74) is 0.576. The lowest BCUT2D eigenvalue weighted by Gasteiger charge is -2.09. The van der Waals surface area contributed by atoms with Gasteiger partial charge in [0.05, 0.1) is 22.9 Å². The molecule has 0 aliphatic rings. The van der Waals surface area contributed by atoms with Crippen molar-refractivity contribution in [3.8, 4) is 0 Å². The molecule has 0 unspecified atom stereocenters. The van der Waals surface area contributed by atoms with E-state index in [1.165, 1.54) is 18.2 Å². The van der Waals surface area contributed by atoms with Crippen molar-refractivity contribution in [2.24, 2.45) is 0 Å². The summed E-state index contributed by atoms with van der Waals surface area (Å²) in [6, 6.07) is 10.7. The van der Waals surface area contributed by atoms with Crippen LogP contribution in [0.1, 0.15) is 27.0 Å². The molecule has 1 heterocycles. The van der Waals surface area contributed by atoms with Crippen molar-refractivity contribution in [3.63, 3.8) is 0 Å². The van der Waals surface area contributed by atoms with Gasteiger partial charge in [-0.15, -0.1) is 11.3 Å². The first-order valence-corrected chi connectivity index (χ1v) is 8.65. The van der Waals surface area contributed by atoms with Gasteiger partial charge in [0.25, 0.3) is 5.91 Å². The van der Waals surface area contributed by atoms with Crippen molar-refractivity contribution in [2.75, 3.05) is 11.9 Å². The molecule has 1 amide bonds. The van der Waals surface area contributed by atoms with Crippen LogP contribution in [0.5, 0.6) is 0 Å². The Hall–Kier alpha value is -2.44. The molecule has 0 saturated carbocycles. The topological polar surface area (TPSA) is 55.4 Å². The quantitative estimate of drug-likeness (QED) is 0.642. The zero-order valence-corrected chi connectivity index (χ0v) is 14.7. The Morgan fingerprint density at radius 1 is 1.24 bits per heavy atom. The van der Waals surface area contributed by atoms with Crippen molar-refractivity contribution < 1.29 is 18.7 Å². The average molecular weight is 378 g/mol. The Balaban J connectivity index is 1.93. The monoisotopic (exact) mass is 377 g/mol. The fraction of sp³-hybridized carbons (Fsp3) is 0.111. The lowest BCUT2D eigenvalue weighted by molar-refractivity contribution is 0.0527. The molecule has 128 valence electrons. The van der Waals surface area contributed by atoms with E-state index >= 15 is 0 Å². The van der Waals surface area contributed by atoms with Crippen LogP contribution in [-0.2, 0) is 4.74 Å². The Labute approximate surface area is 152 Å². The van der Waals surface area contributed by atoms with Crippen LogP contribution >= 0.6 is 22.9 Å². The van der Waals surface area contributed by atoms with Crippen LogP contribution in [0.25, 0.3) is 10.1 Å². The smallest absolute Gasteiger partial charge is 0.340 e. The number of rotatable bonds is 4. The molecule has 0 aliphatic heterocycles. The van der Waals surface area contributed by atoms with Crippen molar-refractivity contribution in [2.45, 2.75) is 6.92 Å². The van der Waals surface area contributed by atoms with E-state index in [4.69, 9.17) is 16.3 Å². The molecule has 25 heavy (non-hydrogen) atoms. The predicted octanol–water partition coefficient (Wildman–Crippen LogP) is 5.12. The highest BCUT2D eigenvalue weighted by Crippen LogP contribution is 2.36. The number of ether oxygens (including phenoxy) is 1. The number of amides is 1. The van der Waals surface area contributed by atoms with Gasteiger partial charge in [-0.25, -0.2) is 9.18 Å². The van der Waals surface area contributed by atoms with Crippen LogP contribution in [0.15, 0.2) is 42.5 Å². The summed E-state index contributed by atoms with van der Waals surface area (Å²) in [4.78, 5) is 24.8. The Bertz CT molecular complexity index is 970. The summed E-state index contributed by atoms with van der Waals surface area (Å²) in [7, 11) is 0. The van der Waals surface area contributed by atoms with E-state index in [-0.39, 0.29) is 22.1 Å². The molecule has 0 aliphatic carbocycles. The molecule has 0 fully saturated rings. The Morgan fingerprint density at radius 3 is 2.76 bits per heavy atom. The zero-order valence-electron chi connectivity index (χ0n) is 13.1. The summed E-state index contributed by atoms with van der Waals surface area (Å²) in [6.07, 6.45) is 0. The van der Waals surface area contributed by atoms with E-state index in [1.54, 1.807) is 31.2 Å². The number of carbonyl (C=O) groups is 2. The third-order valence-corrected chi connectivity index (χ3v) is 5.12. The number of thiophene rings is 1. The average Bonchev–Trinajstić information content (AvgIpc) is 2.91. The standard InChI is InChI=1S/C18H13ClFNO3S/c1-2-24-18(23)11-5-3-4-6-13(11)21-17(22)16-15(19)12-8-7-10(20)9-14(12)25-16/h3-9H,2H2,1H3,(H,21,22). The maximum absolute atomic E-state index is 13.4. The lowest BCUT2D eigenvalue weighted by atomic mass is 10.1. The van der Waals surface area contributed by atoms with Crippen LogP contribution in [0, 0.1) is 5.82 Å². The first-order chi connectivity index (χ1) is 12.0. The molecule has 2 aromatic carbocycles. The van der Waals surface area contributed by atoms with Gasteiger partial charge in [-0.3, -0.25) is 4.79 Å². The van der Waals surface area contributed by atoms with Crippen molar-refractivity contribution in [3.05, 3.63) is 63.7 Å². The number of anilines is 1. The summed E-state index contributed by atoms with van der Waals surface area (Å²) < 4.78 is 18.9. The summed E-state index contributed by atoms with van der Waals surface area (Å²) in [5.74, 6) is -1.39. The van der Waals surface area contributed by atoms with Gasteiger partial charge in [0.2, 0.25) is 0 Å². The maximum Gasteiger partial charge on any atom is 0.340 e. The van der Waals surface area contributed by atoms with E-state index in [0.29, 0.717) is 15.8 Å². The molecular formula is C18H13ClFNO3S. The molecule has 0 spiro atoms. The third kappa shape index (κ3) is 3.50. The molecule has 0 bridgehead atoms. The predicted molar refractivity (Wildman–Crippen MR) is 97.1 cm³/mol. The second-order valence-electron chi connectivity index (χ2n) is 5.11. The number of fused-ring (bicyclic) bond motifs is 1. The van der Waals surface area contributed by atoms with Crippen LogP contribution in [-0.4, -0.2) is 18.5 Å². The lowest BCUT2D eigenvalue weighted by Crippen LogP contribution is -2.15. The van der Waals surface area contributed by atoms with Gasteiger partial charge in [0.1, 0.15) is 10.7 Å². The highest BCUT2D eigenvalue weighted by Gasteiger charge is 2.20. The van der Waals surface area contributed by atoms with Gasteiger partial charge < -0.3 is 10.1 Å². The maximum atomic E-state index is 13.4. The van der Waals surface area contributed by atoms with E-state index in [0.717, 1.165) is 11.3 Å². The number of halogens is 2. The number of nitrogens with one attached hydrogen (secondary N) is 1. The number of esters is 1. The van der Waals surface area contributed by atoms with Gasteiger partial charge in [-0.2, -0.15) is 0 Å². The highest BCUT2D eigenvalue weighted by atomic mass is 35.5. The normalized spacial score (nSPS) is 10.7. The van der Waals surface area contributed by atoms with Crippen LogP contribution < -0.4 is 5.32 Å². The largest absolute Gasteiger partial charge is 0.462 e. The Morgan fingerprint density at radius 2 is 2.00 bits per heavy atom. The minimum Gasteiger partial charge on any atom is -0.462 e. The van der Waals surface area contributed by atoms with Gasteiger partial charge in [-0.1, -0.05) is 23.7 Å². The van der Waals surface area contributed by atoms with Gasteiger partial charge in [-0.05, 0) is 37.3 Å². The van der Waals surface area contributed by atoms with E-state index in [1.807, 2.05) is 0 Å². The highest BCUT2D eigenvalue weighted by molar-refractivity contribution is 7.21. The summed E-state index contributed by atoms with van der Waals surface area (Å²) >= 11 is 7.35. The summed E-state index contributed by atoms with van der Waals surface area (Å²) in [6.45, 7) is 1.93. The van der Waals surface area contributed by atoms with Crippen molar-refractivity contribution in [1.29, 1.82) is 0 Å². The first-order valence-electron chi connectivity index (χ1n) is 7.46. The number of benzene rings is 2. The van der Waals surface area contributed by atoms with Crippen molar-refractivity contribution >= 4 is 50.6 Å². The number of hydrogen-bond acceptors (Lipinski definition) is 4. The SMILES string of the molecule is CCOC(=O)c1ccccc1NC(=O)c1sc2cc(F)ccc2c1Cl. The molecule has 0 radical (unpaired) electrons. The number of hydrogen-bond donors (Lipinski definition) is 1. The van der Waals surface area contributed by atoms with Crippen LogP contribution in [0.3, 0.4) is 0 Å². The second kappa shape index (κ2) is 7.21. The van der Waals surface area contributed by atoms with Gasteiger partial charge in [0, 0.05) is 10.1 Å². The fourth-order valence-corrected chi connectivity index (χ4v) is 3.78. The molecule has 3 aromatic rings. The third-order valence-electron chi connectivity index (χ3n) is 3.47. The molecule has 0 atom stereocenters. The fourth-order valence-electron chi connectivity index (χ4n) is 2.34. The molecule has 3 rings (SSSR count). The zero-order chi connectivity index (χ0) is 18.0. The number of para-hydroxylation sites is 1. The van der Waals surface area contributed by atoms with Gasteiger partial charge in [0.15, 0.2) is 0 Å². The molecule has 4 nitrogen and oxygen atoms in total. The minimum atomic E-state index is -0.525. The molecule has 7 heteroatoms.